The van der Waals surface area contributed by atoms with E-state index in [4.69, 9.17) is 4.74 Å². The molecule has 1 saturated heterocycles. The normalized spacial score (nSPS) is 27.4. The number of rotatable bonds is 5. The summed E-state index contributed by atoms with van der Waals surface area (Å²) in [7, 11) is 0. The summed E-state index contributed by atoms with van der Waals surface area (Å²) in [5, 5.41) is 20.8. The Hall–Kier alpha value is -2.45. The first-order valence-electron chi connectivity index (χ1n) is 11.4. The molecule has 1 aromatic carbocycles. The summed E-state index contributed by atoms with van der Waals surface area (Å²) >= 11 is 0. The molecule has 0 radical (unpaired) electrons. The number of benzene rings is 1. The second-order valence-corrected chi connectivity index (χ2v) is 10.0. The van der Waals surface area contributed by atoms with Gasteiger partial charge in [-0.2, -0.15) is 5.10 Å². The van der Waals surface area contributed by atoms with Gasteiger partial charge in [0.1, 0.15) is 12.2 Å². The highest BCUT2D eigenvalue weighted by atomic mass is 19.1. The highest BCUT2D eigenvalue weighted by Gasteiger charge is 2.48. The third kappa shape index (κ3) is 4.81. The Morgan fingerprint density at radius 1 is 1.28 bits per heavy atom. The number of nitrogens with one attached hydrogen (secondary N) is 2. The molecule has 7 nitrogen and oxygen atoms in total. The Balaban J connectivity index is 1.51. The van der Waals surface area contributed by atoms with Gasteiger partial charge in [-0.1, -0.05) is 32.9 Å². The summed E-state index contributed by atoms with van der Waals surface area (Å²) in [5.74, 6) is 0.00970. The van der Waals surface area contributed by atoms with Crippen molar-refractivity contribution in [3.8, 4) is 5.75 Å². The Labute approximate surface area is 188 Å². The molecule has 1 aliphatic heterocycles. The number of halogens is 1. The number of nitrogens with zero attached hydrogens (tertiary/aromatic N) is 2. The molecule has 1 amide bonds. The van der Waals surface area contributed by atoms with Crippen LogP contribution in [-0.4, -0.2) is 63.5 Å². The van der Waals surface area contributed by atoms with Crippen molar-refractivity contribution in [3.63, 3.8) is 0 Å². The number of aromatic nitrogens is 2. The van der Waals surface area contributed by atoms with Gasteiger partial charge in [-0.25, -0.2) is 4.39 Å². The summed E-state index contributed by atoms with van der Waals surface area (Å²) in [4.78, 5) is 15.0. The molecule has 0 unspecified atom stereocenters. The summed E-state index contributed by atoms with van der Waals surface area (Å²) in [6.07, 6.45) is 4.00. The molecule has 8 heteroatoms. The summed E-state index contributed by atoms with van der Waals surface area (Å²) in [6, 6.07) is 5.57. The largest absolute Gasteiger partial charge is 0.485 e. The van der Waals surface area contributed by atoms with Crippen LogP contribution in [0, 0.1) is 17.2 Å². The van der Waals surface area contributed by atoms with Gasteiger partial charge in [0.25, 0.3) is 5.91 Å². The maximum absolute atomic E-state index is 14.2. The van der Waals surface area contributed by atoms with E-state index in [1.807, 2.05) is 0 Å². The highest BCUT2D eigenvalue weighted by Crippen LogP contribution is 2.37. The lowest BCUT2D eigenvalue weighted by molar-refractivity contribution is -0.0115. The molecule has 0 bridgehead atoms. The summed E-state index contributed by atoms with van der Waals surface area (Å²) in [6.45, 7) is 8.49. The monoisotopic (exact) mass is 444 g/mol. The van der Waals surface area contributed by atoms with Gasteiger partial charge < -0.3 is 15.2 Å². The van der Waals surface area contributed by atoms with Crippen molar-refractivity contribution in [2.45, 2.75) is 64.3 Å². The molecule has 2 aromatic rings. The van der Waals surface area contributed by atoms with Crippen molar-refractivity contribution < 1.29 is 19.0 Å². The smallest absolute Gasteiger partial charge is 0.254 e. The minimum atomic E-state index is -0.851. The highest BCUT2D eigenvalue weighted by molar-refractivity contribution is 5.93. The van der Waals surface area contributed by atoms with Crippen molar-refractivity contribution >= 4 is 5.91 Å². The number of carbonyl (C=O) groups excluding carboxylic acids is 1. The molecule has 2 heterocycles. The number of aromatic amines is 1. The lowest BCUT2D eigenvalue weighted by atomic mass is 9.75. The second-order valence-electron chi connectivity index (χ2n) is 10.0. The van der Waals surface area contributed by atoms with Crippen molar-refractivity contribution in [2.24, 2.45) is 11.3 Å². The van der Waals surface area contributed by atoms with Crippen LogP contribution in [0.1, 0.15) is 50.4 Å². The molecule has 4 atom stereocenters. The van der Waals surface area contributed by atoms with Crippen LogP contribution in [0.3, 0.4) is 0 Å². The van der Waals surface area contributed by atoms with Crippen LogP contribution in [0.4, 0.5) is 4.39 Å². The van der Waals surface area contributed by atoms with E-state index in [1.54, 1.807) is 18.2 Å². The van der Waals surface area contributed by atoms with E-state index in [0.29, 0.717) is 17.9 Å². The van der Waals surface area contributed by atoms with Gasteiger partial charge in [0.2, 0.25) is 0 Å². The molecule has 3 N–H and O–H groups in total. The number of hydrogen-bond donors (Lipinski definition) is 3. The van der Waals surface area contributed by atoms with Crippen LogP contribution >= 0.6 is 0 Å². The van der Waals surface area contributed by atoms with Crippen molar-refractivity contribution in [3.05, 3.63) is 48.0 Å². The Bertz CT molecular complexity index is 906. The topological polar surface area (TPSA) is 90.5 Å². The van der Waals surface area contributed by atoms with Crippen LogP contribution in [0.15, 0.2) is 36.7 Å². The first-order chi connectivity index (χ1) is 15.2. The average Bonchev–Trinajstić information content (AvgIpc) is 3.38. The minimum Gasteiger partial charge on any atom is -0.485 e. The van der Waals surface area contributed by atoms with E-state index in [2.05, 4.69) is 41.2 Å². The van der Waals surface area contributed by atoms with Crippen molar-refractivity contribution in [2.75, 3.05) is 13.1 Å². The number of carbonyl (C=O) groups is 1. The molecule has 2 fully saturated rings. The zero-order valence-corrected chi connectivity index (χ0v) is 18.9. The standard InChI is InChI=1S/C24H33FN4O3/c1-24(2,3)16-8-10-29(11-9-16)21-18(28-23(31)15-13-26-27-14-15)12-20(22(21)30)32-19-7-5-4-6-17(19)25/h4-7,13-14,16,18,20-22,30H,8-12H2,1-3H3,(H,26,27)(H,28,31)/t18-,20-,21+,22+/m1/s1. The van der Waals surface area contributed by atoms with Crippen LogP contribution in [0.2, 0.25) is 0 Å². The van der Waals surface area contributed by atoms with Crippen LogP contribution in [0.25, 0.3) is 0 Å². The van der Waals surface area contributed by atoms with Gasteiger partial charge in [-0.15, -0.1) is 0 Å². The van der Waals surface area contributed by atoms with Crippen LogP contribution in [0.5, 0.6) is 5.75 Å². The fourth-order valence-corrected chi connectivity index (χ4v) is 5.11. The Morgan fingerprint density at radius 2 is 2.00 bits per heavy atom. The third-order valence-electron chi connectivity index (χ3n) is 7.00. The first kappa shape index (κ1) is 22.7. The molecule has 1 aliphatic carbocycles. The lowest BCUT2D eigenvalue weighted by Gasteiger charge is -2.43. The molecular weight excluding hydrogens is 411 g/mol. The average molecular weight is 445 g/mol. The Morgan fingerprint density at radius 3 is 2.62 bits per heavy atom. The van der Waals surface area contributed by atoms with Gasteiger partial charge in [-0.05, 0) is 49.4 Å². The molecule has 1 saturated carbocycles. The molecule has 4 rings (SSSR count). The van der Waals surface area contributed by atoms with E-state index in [-0.39, 0.29) is 29.2 Å². The van der Waals surface area contributed by atoms with E-state index < -0.39 is 18.0 Å². The quantitative estimate of drug-likeness (QED) is 0.660. The summed E-state index contributed by atoms with van der Waals surface area (Å²) in [5.41, 5.74) is 0.675. The number of H-pyrrole nitrogens is 1. The number of aliphatic hydroxyl groups excluding tert-OH is 1. The molecule has 2 aliphatic rings. The zero-order chi connectivity index (χ0) is 22.9. The fraction of sp³-hybridized carbons (Fsp3) is 0.583. The van der Waals surface area contributed by atoms with E-state index in [0.717, 1.165) is 25.9 Å². The maximum Gasteiger partial charge on any atom is 0.254 e. The number of para-hydroxylation sites is 1. The Kier molecular flexibility index (Phi) is 6.53. The van der Waals surface area contributed by atoms with E-state index >= 15 is 0 Å². The van der Waals surface area contributed by atoms with Gasteiger partial charge in [0, 0.05) is 12.6 Å². The van der Waals surface area contributed by atoms with E-state index in [9.17, 15) is 14.3 Å². The predicted molar refractivity (Wildman–Crippen MR) is 119 cm³/mol. The molecule has 0 spiro atoms. The van der Waals surface area contributed by atoms with Gasteiger partial charge in [0.15, 0.2) is 11.6 Å². The minimum absolute atomic E-state index is 0.114. The number of ether oxygens (including phenoxy) is 1. The number of aliphatic hydroxyl groups is 1. The lowest BCUT2D eigenvalue weighted by Crippen LogP contribution is -2.56. The maximum atomic E-state index is 14.2. The van der Waals surface area contributed by atoms with Gasteiger partial charge in [-0.3, -0.25) is 14.8 Å². The number of amides is 1. The number of piperidine rings is 1. The van der Waals surface area contributed by atoms with Crippen molar-refractivity contribution in [1.29, 1.82) is 0 Å². The van der Waals surface area contributed by atoms with Crippen LogP contribution in [-0.2, 0) is 0 Å². The number of hydrogen-bond acceptors (Lipinski definition) is 5. The molecule has 174 valence electrons. The van der Waals surface area contributed by atoms with Gasteiger partial charge >= 0.3 is 0 Å². The SMILES string of the molecule is CC(C)(C)C1CCN([C@@H]2[C@@H](O)[C@H](Oc3ccccc3F)C[C@H]2NC(=O)c2cn[nH]c2)CC1. The molecular formula is C24H33FN4O3. The van der Waals surface area contributed by atoms with Gasteiger partial charge in [0.05, 0.1) is 23.8 Å². The first-order valence-corrected chi connectivity index (χ1v) is 11.4. The number of likely N-dealkylation sites (tertiary alicyclic amines) is 1. The summed E-state index contributed by atoms with van der Waals surface area (Å²) < 4.78 is 20.1. The second kappa shape index (κ2) is 9.19. The molecule has 32 heavy (non-hydrogen) atoms. The zero-order valence-electron chi connectivity index (χ0n) is 18.9. The fourth-order valence-electron chi connectivity index (χ4n) is 5.11. The third-order valence-corrected chi connectivity index (χ3v) is 7.00. The van der Waals surface area contributed by atoms with Crippen LogP contribution < -0.4 is 10.1 Å². The van der Waals surface area contributed by atoms with Crippen molar-refractivity contribution in [1.82, 2.24) is 20.4 Å². The predicted octanol–water partition coefficient (Wildman–Crippen LogP) is 2.99. The van der Waals surface area contributed by atoms with E-state index in [1.165, 1.54) is 18.5 Å². The molecule has 1 aromatic heterocycles.